The van der Waals surface area contributed by atoms with Gasteiger partial charge >= 0.3 is 0 Å². The molecule has 0 saturated carbocycles. The van der Waals surface area contributed by atoms with E-state index in [1.165, 1.54) is 122 Å². The summed E-state index contributed by atoms with van der Waals surface area (Å²) in [5.41, 5.74) is 0. The Morgan fingerprint density at radius 2 is 0.897 bits per heavy atom. The average molecular weight is 411 g/mol. The van der Waals surface area contributed by atoms with Gasteiger partial charge in [0.25, 0.3) is 6.47 Å². The SMILES string of the molecule is CCCCCCCCCCCCC(C)C(C)CCCCCCCCCCOC=O. The van der Waals surface area contributed by atoms with Crippen molar-refractivity contribution in [3.05, 3.63) is 0 Å². The first-order chi connectivity index (χ1) is 14.2. The molecule has 0 aromatic rings. The Labute approximate surface area is 184 Å². The maximum absolute atomic E-state index is 10.0. The van der Waals surface area contributed by atoms with Crippen molar-refractivity contribution in [1.29, 1.82) is 0 Å². The quantitative estimate of drug-likeness (QED) is 0.117. The molecular weight excluding hydrogens is 356 g/mol. The van der Waals surface area contributed by atoms with E-state index in [0.29, 0.717) is 13.1 Å². The molecular formula is C27H54O2. The van der Waals surface area contributed by atoms with Gasteiger partial charge in [-0.05, 0) is 18.3 Å². The van der Waals surface area contributed by atoms with E-state index in [1.54, 1.807) is 0 Å². The highest BCUT2D eigenvalue weighted by Gasteiger charge is 2.11. The zero-order valence-corrected chi connectivity index (χ0v) is 20.4. The molecule has 2 nitrogen and oxygen atoms in total. The summed E-state index contributed by atoms with van der Waals surface area (Å²) in [6.45, 7) is 8.40. The summed E-state index contributed by atoms with van der Waals surface area (Å²) in [7, 11) is 0. The summed E-state index contributed by atoms with van der Waals surface area (Å²) < 4.78 is 4.72. The van der Waals surface area contributed by atoms with Crippen LogP contribution in [0.1, 0.15) is 149 Å². The highest BCUT2D eigenvalue weighted by Crippen LogP contribution is 2.24. The fourth-order valence-electron chi connectivity index (χ4n) is 4.28. The molecule has 0 amide bonds. The lowest BCUT2D eigenvalue weighted by molar-refractivity contribution is -0.128. The fourth-order valence-corrected chi connectivity index (χ4v) is 4.28. The van der Waals surface area contributed by atoms with Crippen LogP contribution in [0, 0.1) is 11.8 Å². The second kappa shape index (κ2) is 23.7. The zero-order valence-electron chi connectivity index (χ0n) is 20.4. The van der Waals surface area contributed by atoms with Gasteiger partial charge in [-0.1, -0.05) is 143 Å². The Kier molecular flexibility index (Phi) is 23.3. The molecule has 0 spiro atoms. The summed E-state index contributed by atoms with van der Waals surface area (Å²) >= 11 is 0. The first-order valence-electron chi connectivity index (χ1n) is 13.3. The van der Waals surface area contributed by atoms with Crippen LogP contribution >= 0.6 is 0 Å². The molecule has 0 saturated heterocycles. The Morgan fingerprint density at radius 1 is 0.552 bits per heavy atom. The van der Waals surface area contributed by atoms with Gasteiger partial charge in [-0.2, -0.15) is 0 Å². The standard InChI is InChI=1S/C27H54O2/c1-4-5-6-7-8-9-10-13-16-19-22-26(2)27(3)23-20-17-14-11-12-15-18-21-24-29-25-28/h25-27H,4-24H2,1-3H3. The number of rotatable bonds is 24. The van der Waals surface area contributed by atoms with Crippen LogP contribution in [0.5, 0.6) is 0 Å². The normalized spacial score (nSPS) is 13.3. The molecule has 0 aliphatic rings. The van der Waals surface area contributed by atoms with Gasteiger partial charge in [0.15, 0.2) is 0 Å². The molecule has 0 aliphatic carbocycles. The van der Waals surface area contributed by atoms with Gasteiger partial charge in [0.2, 0.25) is 0 Å². The summed E-state index contributed by atoms with van der Waals surface area (Å²) in [5.74, 6) is 1.80. The molecule has 2 atom stereocenters. The van der Waals surface area contributed by atoms with E-state index in [1.807, 2.05) is 0 Å². The molecule has 0 aromatic heterocycles. The first kappa shape index (κ1) is 28.5. The molecule has 2 unspecified atom stereocenters. The fraction of sp³-hybridized carbons (Fsp3) is 0.963. The van der Waals surface area contributed by atoms with Crippen LogP contribution in [-0.4, -0.2) is 13.1 Å². The minimum Gasteiger partial charge on any atom is -0.468 e. The predicted molar refractivity (Wildman–Crippen MR) is 128 cm³/mol. The number of unbranched alkanes of at least 4 members (excludes halogenated alkanes) is 16. The average Bonchev–Trinajstić information content (AvgIpc) is 2.73. The number of hydrogen-bond acceptors (Lipinski definition) is 2. The van der Waals surface area contributed by atoms with E-state index in [9.17, 15) is 4.79 Å². The van der Waals surface area contributed by atoms with Crippen molar-refractivity contribution in [2.24, 2.45) is 11.8 Å². The number of carbonyl (C=O) groups excluding carboxylic acids is 1. The summed E-state index contributed by atoms with van der Waals surface area (Å²) in [6, 6.07) is 0. The van der Waals surface area contributed by atoms with Crippen molar-refractivity contribution in [3.8, 4) is 0 Å². The van der Waals surface area contributed by atoms with Gasteiger partial charge in [-0.25, -0.2) is 0 Å². The van der Waals surface area contributed by atoms with Gasteiger partial charge in [-0.15, -0.1) is 0 Å². The van der Waals surface area contributed by atoms with Gasteiger partial charge in [0.1, 0.15) is 0 Å². The lowest BCUT2D eigenvalue weighted by Crippen LogP contribution is -2.08. The number of hydrogen-bond donors (Lipinski definition) is 0. The zero-order chi connectivity index (χ0) is 21.4. The second-order valence-electron chi connectivity index (χ2n) is 9.51. The monoisotopic (exact) mass is 410 g/mol. The smallest absolute Gasteiger partial charge is 0.293 e. The number of carbonyl (C=O) groups is 1. The highest BCUT2D eigenvalue weighted by molar-refractivity contribution is 5.36. The predicted octanol–water partition coefficient (Wildman–Crippen LogP) is 9.25. The van der Waals surface area contributed by atoms with Crippen LogP contribution in [0.15, 0.2) is 0 Å². The molecule has 0 N–H and O–H groups in total. The van der Waals surface area contributed by atoms with E-state index in [4.69, 9.17) is 4.74 Å². The van der Waals surface area contributed by atoms with Gasteiger partial charge in [0, 0.05) is 0 Å². The van der Waals surface area contributed by atoms with Crippen LogP contribution in [0.3, 0.4) is 0 Å². The number of ether oxygens (including phenoxy) is 1. The van der Waals surface area contributed by atoms with E-state index < -0.39 is 0 Å². The molecule has 0 rings (SSSR count). The molecule has 0 radical (unpaired) electrons. The van der Waals surface area contributed by atoms with E-state index in [0.717, 1.165) is 18.3 Å². The van der Waals surface area contributed by atoms with Crippen LogP contribution in [0.25, 0.3) is 0 Å². The molecule has 2 heteroatoms. The summed E-state index contributed by atoms with van der Waals surface area (Å²) in [5, 5.41) is 0. The molecule has 0 aliphatic heterocycles. The molecule has 0 heterocycles. The van der Waals surface area contributed by atoms with Crippen molar-refractivity contribution >= 4 is 6.47 Å². The Morgan fingerprint density at radius 3 is 1.28 bits per heavy atom. The molecule has 0 fully saturated rings. The minimum atomic E-state index is 0.555. The minimum absolute atomic E-state index is 0.555. The highest BCUT2D eigenvalue weighted by atomic mass is 16.5. The molecule has 29 heavy (non-hydrogen) atoms. The third-order valence-corrected chi connectivity index (χ3v) is 6.72. The maximum Gasteiger partial charge on any atom is 0.293 e. The second-order valence-corrected chi connectivity index (χ2v) is 9.51. The van der Waals surface area contributed by atoms with Crippen LogP contribution in [0.4, 0.5) is 0 Å². The topological polar surface area (TPSA) is 26.3 Å². The van der Waals surface area contributed by atoms with Crippen molar-refractivity contribution in [2.75, 3.05) is 6.61 Å². The van der Waals surface area contributed by atoms with Crippen molar-refractivity contribution in [2.45, 2.75) is 149 Å². The van der Waals surface area contributed by atoms with E-state index in [2.05, 4.69) is 20.8 Å². The van der Waals surface area contributed by atoms with Gasteiger partial charge in [-0.3, -0.25) is 4.79 Å². The third-order valence-electron chi connectivity index (χ3n) is 6.72. The largest absolute Gasteiger partial charge is 0.468 e. The van der Waals surface area contributed by atoms with Crippen LogP contribution < -0.4 is 0 Å². The van der Waals surface area contributed by atoms with E-state index >= 15 is 0 Å². The lowest BCUT2D eigenvalue weighted by atomic mass is 9.86. The Bertz CT molecular complexity index is 316. The Hall–Kier alpha value is -0.530. The summed E-state index contributed by atoms with van der Waals surface area (Å²) in [6.07, 6.45) is 27.7. The van der Waals surface area contributed by atoms with Crippen LogP contribution in [-0.2, 0) is 9.53 Å². The molecule has 174 valence electrons. The Balaban J connectivity index is 3.30. The lowest BCUT2D eigenvalue weighted by Gasteiger charge is -2.19. The van der Waals surface area contributed by atoms with Gasteiger partial charge in [0.05, 0.1) is 6.61 Å². The first-order valence-corrected chi connectivity index (χ1v) is 13.3. The van der Waals surface area contributed by atoms with Crippen molar-refractivity contribution in [3.63, 3.8) is 0 Å². The maximum atomic E-state index is 10.0. The van der Waals surface area contributed by atoms with E-state index in [-0.39, 0.29) is 0 Å². The molecule has 0 bridgehead atoms. The third kappa shape index (κ3) is 22.0. The van der Waals surface area contributed by atoms with Gasteiger partial charge < -0.3 is 4.74 Å². The molecule has 0 aromatic carbocycles. The summed E-state index contributed by atoms with van der Waals surface area (Å²) in [4.78, 5) is 10.0. The van der Waals surface area contributed by atoms with Crippen molar-refractivity contribution in [1.82, 2.24) is 0 Å². The van der Waals surface area contributed by atoms with Crippen LogP contribution in [0.2, 0.25) is 0 Å². The van der Waals surface area contributed by atoms with Crippen molar-refractivity contribution < 1.29 is 9.53 Å².